The van der Waals surface area contributed by atoms with Crippen molar-refractivity contribution in [2.75, 3.05) is 7.11 Å². The van der Waals surface area contributed by atoms with Crippen LogP contribution in [0.3, 0.4) is 0 Å². The molecule has 0 aliphatic carbocycles. The third kappa shape index (κ3) is 4.80. The van der Waals surface area contributed by atoms with Crippen LogP contribution in [0.2, 0.25) is 0 Å². The normalized spacial score (nSPS) is 18.1. The van der Waals surface area contributed by atoms with E-state index in [9.17, 15) is 18.8 Å². The highest BCUT2D eigenvalue weighted by molar-refractivity contribution is 5.86. The molecule has 0 saturated carbocycles. The Morgan fingerprint density at radius 1 is 1.35 bits per heavy atom. The van der Waals surface area contributed by atoms with E-state index in [-0.39, 0.29) is 42.6 Å². The van der Waals surface area contributed by atoms with E-state index in [1.807, 2.05) is 13.8 Å². The van der Waals surface area contributed by atoms with Crippen LogP contribution >= 0.6 is 0 Å². The fourth-order valence-corrected chi connectivity index (χ4v) is 3.10. The van der Waals surface area contributed by atoms with Gasteiger partial charge in [-0.3, -0.25) is 9.59 Å². The molecule has 1 N–H and O–H groups in total. The molecule has 2 atom stereocenters. The summed E-state index contributed by atoms with van der Waals surface area (Å²) in [5, 5.41) is 2.68. The molecule has 7 heteroatoms. The summed E-state index contributed by atoms with van der Waals surface area (Å²) in [4.78, 5) is 37.9. The van der Waals surface area contributed by atoms with Gasteiger partial charge in [0.1, 0.15) is 11.9 Å². The molecule has 26 heavy (non-hydrogen) atoms. The predicted octanol–water partition coefficient (Wildman–Crippen LogP) is 2.02. The average Bonchev–Trinajstić information content (AvgIpc) is 2.94. The van der Waals surface area contributed by atoms with Gasteiger partial charge in [-0.05, 0) is 18.4 Å². The zero-order chi connectivity index (χ0) is 19.3. The number of ether oxygens (including phenoxy) is 1. The van der Waals surface area contributed by atoms with Crippen LogP contribution in [0.5, 0.6) is 0 Å². The number of carbonyl (C=O) groups is 3. The fraction of sp³-hybridized carbons (Fsp3) is 0.526. The van der Waals surface area contributed by atoms with E-state index < -0.39 is 12.0 Å². The van der Waals surface area contributed by atoms with Crippen molar-refractivity contribution in [2.45, 2.75) is 51.7 Å². The molecule has 142 valence electrons. The molecule has 6 nitrogen and oxygen atoms in total. The van der Waals surface area contributed by atoms with Crippen molar-refractivity contribution in [3.63, 3.8) is 0 Å². The SMILES string of the molecule is COC(=O)[C@@H](NC(=O)C[C@@H]1CCC(=O)N1Cc1ccccc1F)C(C)C. The highest BCUT2D eigenvalue weighted by Gasteiger charge is 2.34. The lowest BCUT2D eigenvalue weighted by Gasteiger charge is -2.26. The first-order valence-electron chi connectivity index (χ1n) is 8.73. The number of rotatable bonds is 7. The van der Waals surface area contributed by atoms with E-state index in [1.165, 1.54) is 13.2 Å². The third-order valence-corrected chi connectivity index (χ3v) is 4.61. The maximum atomic E-state index is 13.9. The molecule has 1 saturated heterocycles. The van der Waals surface area contributed by atoms with E-state index >= 15 is 0 Å². The highest BCUT2D eigenvalue weighted by atomic mass is 19.1. The number of benzene rings is 1. The molecule has 0 radical (unpaired) electrons. The second kappa shape index (κ2) is 8.78. The Balaban J connectivity index is 2.02. The average molecular weight is 364 g/mol. The van der Waals surface area contributed by atoms with Gasteiger partial charge in [-0.25, -0.2) is 9.18 Å². The van der Waals surface area contributed by atoms with Gasteiger partial charge < -0.3 is 15.0 Å². The summed E-state index contributed by atoms with van der Waals surface area (Å²) in [7, 11) is 1.27. The summed E-state index contributed by atoms with van der Waals surface area (Å²) in [6.07, 6.45) is 0.933. The number of amides is 2. The largest absolute Gasteiger partial charge is 0.467 e. The topological polar surface area (TPSA) is 75.7 Å². The molecule has 0 spiro atoms. The molecule has 0 bridgehead atoms. The number of likely N-dealkylation sites (tertiary alicyclic amines) is 1. The maximum Gasteiger partial charge on any atom is 0.328 e. The summed E-state index contributed by atoms with van der Waals surface area (Å²) in [5.74, 6) is -1.42. The van der Waals surface area contributed by atoms with Crippen LogP contribution in [-0.2, 0) is 25.7 Å². The number of carbonyl (C=O) groups excluding carboxylic acids is 3. The smallest absolute Gasteiger partial charge is 0.328 e. The van der Waals surface area contributed by atoms with Gasteiger partial charge >= 0.3 is 5.97 Å². The van der Waals surface area contributed by atoms with E-state index in [4.69, 9.17) is 4.74 Å². The van der Waals surface area contributed by atoms with Crippen LogP contribution in [0, 0.1) is 11.7 Å². The van der Waals surface area contributed by atoms with Gasteiger partial charge in [0.15, 0.2) is 0 Å². The Morgan fingerprint density at radius 2 is 2.04 bits per heavy atom. The Hall–Kier alpha value is -2.44. The summed E-state index contributed by atoms with van der Waals surface area (Å²) in [6.45, 7) is 3.75. The van der Waals surface area contributed by atoms with Crippen molar-refractivity contribution in [1.82, 2.24) is 10.2 Å². The zero-order valence-corrected chi connectivity index (χ0v) is 15.3. The first kappa shape index (κ1) is 19.9. The molecule has 1 fully saturated rings. The number of nitrogens with zero attached hydrogens (tertiary/aromatic N) is 1. The van der Waals surface area contributed by atoms with Gasteiger partial charge in [0.25, 0.3) is 0 Å². The Morgan fingerprint density at radius 3 is 2.65 bits per heavy atom. The molecule has 2 rings (SSSR count). The number of nitrogens with one attached hydrogen (secondary N) is 1. The van der Waals surface area contributed by atoms with Gasteiger partial charge in [0.2, 0.25) is 11.8 Å². The first-order chi connectivity index (χ1) is 12.3. The van der Waals surface area contributed by atoms with Gasteiger partial charge in [0, 0.05) is 31.0 Å². The molecular formula is C19H25FN2O4. The monoisotopic (exact) mass is 364 g/mol. The lowest BCUT2D eigenvalue weighted by Crippen LogP contribution is -2.47. The van der Waals surface area contributed by atoms with Crippen molar-refractivity contribution in [3.05, 3.63) is 35.6 Å². The summed E-state index contributed by atoms with van der Waals surface area (Å²) in [5.41, 5.74) is 0.419. The van der Waals surface area contributed by atoms with Crippen molar-refractivity contribution < 1.29 is 23.5 Å². The molecule has 1 aliphatic heterocycles. The van der Waals surface area contributed by atoms with Crippen molar-refractivity contribution in [3.8, 4) is 0 Å². The van der Waals surface area contributed by atoms with Gasteiger partial charge in [-0.1, -0.05) is 32.0 Å². The molecule has 1 aromatic carbocycles. The Bertz CT molecular complexity index is 677. The number of methoxy groups -OCH3 is 1. The van der Waals surface area contributed by atoms with Crippen LogP contribution < -0.4 is 5.32 Å². The minimum absolute atomic E-state index is 0.0698. The standard InChI is InChI=1S/C19H25FN2O4/c1-12(2)18(19(25)26-3)21-16(23)10-14-8-9-17(24)22(14)11-13-6-4-5-7-15(13)20/h4-7,12,14,18H,8-11H2,1-3H3,(H,21,23)/t14-,18-/m0/s1. The van der Waals surface area contributed by atoms with Crippen molar-refractivity contribution in [1.29, 1.82) is 0 Å². The number of esters is 1. The van der Waals surface area contributed by atoms with E-state index in [0.29, 0.717) is 18.4 Å². The van der Waals surface area contributed by atoms with Crippen molar-refractivity contribution in [2.24, 2.45) is 5.92 Å². The van der Waals surface area contributed by atoms with Crippen LogP contribution in [0.4, 0.5) is 4.39 Å². The minimum Gasteiger partial charge on any atom is -0.467 e. The molecule has 0 aromatic heterocycles. The molecule has 2 amide bonds. The predicted molar refractivity (Wildman–Crippen MR) is 93.4 cm³/mol. The molecule has 1 aromatic rings. The quantitative estimate of drug-likeness (QED) is 0.751. The van der Waals surface area contributed by atoms with Gasteiger partial charge in [-0.15, -0.1) is 0 Å². The van der Waals surface area contributed by atoms with Crippen LogP contribution in [0.15, 0.2) is 24.3 Å². The lowest BCUT2D eigenvalue weighted by molar-refractivity contribution is -0.146. The van der Waals surface area contributed by atoms with E-state index in [1.54, 1.807) is 23.1 Å². The lowest BCUT2D eigenvalue weighted by atomic mass is 10.0. The fourth-order valence-electron chi connectivity index (χ4n) is 3.10. The third-order valence-electron chi connectivity index (χ3n) is 4.61. The first-order valence-corrected chi connectivity index (χ1v) is 8.73. The van der Waals surface area contributed by atoms with Gasteiger partial charge in [-0.2, -0.15) is 0 Å². The Labute approximate surface area is 152 Å². The van der Waals surface area contributed by atoms with E-state index in [2.05, 4.69) is 5.32 Å². The molecule has 1 aliphatic rings. The number of hydrogen-bond acceptors (Lipinski definition) is 4. The Kier molecular flexibility index (Phi) is 6.71. The summed E-state index contributed by atoms with van der Waals surface area (Å²) in [6, 6.07) is 5.24. The number of halogens is 1. The van der Waals surface area contributed by atoms with Gasteiger partial charge in [0.05, 0.1) is 7.11 Å². The second-order valence-corrected chi connectivity index (χ2v) is 6.82. The zero-order valence-electron chi connectivity index (χ0n) is 15.3. The summed E-state index contributed by atoms with van der Waals surface area (Å²) >= 11 is 0. The van der Waals surface area contributed by atoms with E-state index in [0.717, 1.165) is 0 Å². The molecule has 0 unspecified atom stereocenters. The summed E-state index contributed by atoms with van der Waals surface area (Å²) < 4.78 is 18.6. The number of hydrogen-bond donors (Lipinski definition) is 1. The van der Waals surface area contributed by atoms with Crippen LogP contribution in [0.1, 0.15) is 38.7 Å². The van der Waals surface area contributed by atoms with Crippen molar-refractivity contribution >= 4 is 17.8 Å². The molecule has 1 heterocycles. The highest BCUT2D eigenvalue weighted by Crippen LogP contribution is 2.24. The van der Waals surface area contributed by atoms with Crippen LogP contribution in [-0.4, -0.2) is 41.9 Å². The molecular weight excluding hydrogens is 339 g/mol. The minimum atomic E-state index is -0.732. The van der Waals surface area contributed by atoms with Crippen LogP contribution in [0.25, 0.3) is 0 Å². The second-order valence-electron chi connectivity index (χ2n) is 6.82. The maximum absolute atomic E-state index is 13.9.